The van der Waals surface area contributed by atoms with Gasteiger partial charge in [-0.3, -0.25) is 0 Å². The second-order valence-corrected chi connectivity index (χ2v) is 6.48. The van der Waals surface area contributed by atoms with Crippen LogP contribution in [0.2, 0.25) is 0 Å². The van der Waals surface area contributed by atoms with E-state index in [1.165, 1.54) is 16.9 Å². The number of likely N-dealkylation sites (N-methyl/N-ethyl adjacent to an activating group) is 1. The first-order chi connectivity index (χ1) is 9.78. The molecule has 1 aromatic carbocycles. The summed E-state index contributed by atoms with van der Waals surface area (Å²) in [6, 6.07) is 8.83. The van der Waals surface area contributed by atoms with Crippen molar-refractivity contribution in [1.82, 2.24) is 10.2 Å². The Morgan fingerprint density at radius 3 is 3.15 bits per heavy atom. The monoisotopic (exact) mass is 294 g/mol. The fraction of sp³-hybridized carbons (Fsp3) is 0.625. The number of nitrogens with zero attached hydrogens (tertiary/aromatic N) is 1. The van der Waals surface area contributed by atoms with E-state index < -0.39 is 0 Å². The topological polar surface area (TPSA) is 24.5 Å². The first-order valence-corrected chi connectivity index (χ1v) is 8.49. The van der Waals surface area contributed by atoms with E-state index in [9.17, 15) is 0 Å². The number of ether oxygens (including phenoxy) is 1. The van der Waals surface area contributed by atoms with E-state index in [0.29, 0.717) is 6.10 Å². The zero-order chi connectivity index (χ0) is 14.2. The van der Waals surface area contributed by atoms with E-state index in [1.807, 2.05) is 11.8 Å². The standard InChI is InChI=1S/C16H26N2OS/c1-3-7-17-11-14-5-4-6-16(10-14)20-13-15-12-18(2)8-9-19-15/h4-6,10,15,17H,3,7-9,11-13H2,1-2H3. The Balaban J connectivity index is 1.78. The molecule has 0 radical (unpaired) electrons. The van der Waals surface area contributed by atoms with Gasteiger partial charge >= 0.3 is 0 Å². The van der Waals surface area contributed by atoms with Crippen LogP contribution in [0, 0.1) is 0 Å². The summed E-state index contributed by atoms with van der Waals surface area (Å²) < 4.78 is 5.80. The molecule has 2 rings (SSSR count). The summed E-state index contributed by atoms with van der Waals surface area (Å²) in [5.74, 6) is 1.04. The SMILES string of the molecule is CCCNCc1cccc(SCC2CN(C)CCO2)c1. The van der Waals surface area contributed by atoms with Gasteiger partial charge in [-0.05, 0) is 37.7 Å². The molecule has 1 atom stereocenters. The Morgan fingerprint density at radius 1 is 1.45 bits per heavy atom. The normalized spacial score (nSPS) is 20.2. The van der Waals surface area contributed by atoms with E-state index in [1.54, 1.807) is 0 Å². The Labute approximate surface area is 127 Å². The Bertz CT molecular complexity index is 400. The molecule has 1 aliphatic rings. The van der Waals surface area contributed by atoms with E-state index >= 15 is 0 Å². The average Bonchev–Trinajstić information content (AvgIpc) is 2.46. The van der Waals surface area contributed by atoms with Crippen LogP contribution in [0.4, 0.5) is 0 Å². The second kappa shape index (κ2) is 8.67. The van der Waals surface area contributed by atoms with Gasteiger partial charge in [0.2, 0.25) is 0 Å². The lowest BCUT2D eigenvalue weighted by atomic mass is 10.2. The number of rotatable bonds is 7. The molecule has 1 aliphatic heterocycles. The lowest BCUT2D eigenvalue weighted by molar-refractivity contribution is -0.00598. The molecular formula is C16H26N2OS. The molecule has 0 bridgehead atoms. The summed E-state index contributed by atoms with van der Waals surface area (Å²) in [5.41, 5.74) is 1.37. The molecule has 4 heteroatoms. The third-order valence-corrected chi connectivity index (χ3v) is 4.56. The number of nitrogens with one attached hydrogen (secondary N) is 1. The van der Waals surface area contributed by atoms with Gasteiger partial charge < -0.3 is 15.0 Å². The summed E-state index contributed by atoms with van der Waals surface area (Å²) in [7, 11) is 2.17. The van der Waals surface area contributed by atoms with E-state index in [4.69, 9.17) is 4.74 Å². The maximum absolute atomic E-state index is 5.80. The van der Waals surface area contributed by atoms with Crippen molar-refractivity contribution in [2.45, 2.75) is 30.9 Å². The molecule has 1 N–H and O–H groups in total. The molecule has 20 heavy (non-hydrogen) atoms. The van der Waals surface area contributed by atoms with Crippen LogP contribution in [0.3, 0.4) is 0 Å². The molecular weight excluding hydrogens is 268 g/mol. The van der Waals surface area contributed by atoms with Crippen molar-refractivity contribution in [2.24, 2.45) is 0 Å². The molecule has 0 spiro atoms. The van der Waals surface area contributed by atoms with Crippen LogP contribution < -0.4 is 5.32 Å². The van der Waals surface area contributed by atoms with Crippen LogP contribution >= 0.6 is 11.8 Å². The molecule has 3 nitrogen and oxygen atoms in total. The predicted octanol–water partition coefficient (Wildman–Crippen LogP) is 2.61. The van der Waals surface area contributed by atoms with Crippen LogP contribution in [-0.2, 0) is 11.3 Å². The van der Waals surface area contributed by atoms with Crippen LogP contribution in [-0.4, -0.2) is 50.0 Å². The molecule has 1 unspecified atom stereocenters. The summed E-state index contributed by atoms with van der Waals surface area (Å²) in [5, 5.41) is 3.45. The van der Waals surface area contributed by atoms with Gasteiger partial charge in [0.1, 0.15) is 0 Å². The van der Waals surface area contributed by atoms with Crippen molar-refractivity contribution in [3.63, 3.8) is 0 Å². The minimum atomic E-state index is 0.362. The maximum atomic E-state index is 5.80. The lowest BCUT2D eigenvalue weighted by Gasteiger charge is -2.29. The van der Waals surface area contributed by atoms with E-state index in [0.717, 1.165) is 38.5 Å². The maximum Gasteiger partial charge on any atom is 0.0796 e. The van der Waals surface area contributed by atoms with Gasteiger partial charge in [0.15, 0.2) is 0 Å². The number of benzene rings is 1. The second-order valence-electron chi connectivity index (χ2n) is 5.39. The van der Waals surface area contributed by atoms with Crippen LogP contribution in [0.15, 0.2) is 29.2 Å². The van der Waals surface area contributed by atoms with Crippen molar-refractivity contribution in [1.29, 1.82) is 0 Å². The predicted molar refractivity (Wildman–Crippen MR) is 86.4 cm³/mol. The Morgan fingerprint density at radius 2 is 2.35 bits per heavy atom. The molecule has 1 fully saturated rings. The zero-order valence-electron chi connectivity index (χ0n) is 12.6. The van der Waals surface area contributed by atoms with Crippen LogP contribution in [0.5, 0.6) is 0 Å². The van der Waals surface area contributed by atoms with Gasteiger partial charge in [-0.15, -0.1) is 11.8 Å². The molecule has 0 aromatic heterocycles. The first-order valence-electron chi connectivity index (χ1n) is 7.50. The quantitative estimate of drug-likeness (QED) is 0.617. The average molecular weight is 294 g/mol. The van der Waals surface area contributed by atoms with Gasteiger partial charge in [-0.25, -0.2) is 0 Å². The number of morpholine rings is 1. The summed E-state index contributed by atoms with van der Waals surface area (Å²) in [4.78, 5) is 3.69. The summed E-state index contributed by atoms with van der Waals surface area (Å²) >= 11 is 1.90. The van der Waals surface area contributed by atoms with Crippen LogP contribution in [0.25, 0.3) is 0 Å². The van der Waals surface area contributed by atoms with Crippen molar-refractivity contribution in [2.75, 3.05) is 39.0 Å². The molecule has 0 aliphatic carbocycles. The summed E-state index contributed by atoms with van der Waals surface area (Å²) in [6.45, 7) is 7.21. The minimum absolute atomic E-state index is 0.362. The van der Waals surface area contributed by atoms with E-state index in [-0.39, 0.29) is 0 Å². The number of hydrogen-bond acceptors (Lipinski definition) is 4. The lowest BCUT2D eigenvalue weighted by Crippen LogP contribution is -2.41. The summed E-state index contributed by atoms with van der Waals surface area (Å²) in [6.07, 6.45) is 1.54. The van der Waals surface area contributed by atoms with Gasteiger partial charge in [0.05, 0.1) is 12.7 Å². The van der Waals surface area contributed by atoms with Gasteiger partial charge in [-0.2, -0.15) is 0 Å². The highest BCUT2D eigenvalue weighted by atomic mass is 32.2. The highest BCUT2D eigenvalue weighted by molar-refractivity contribution is 7.99. The van der Waals surface area contributed by atoms with Crippen molar-refractivity contribution < 1.29 is 4.74 Å². The van der Waals surface area contributed by atoms with Crippen molar-refractivity contribution in [3.05, 3.63) is 29.8 Å². The fourth-order valence-corrected chi connectivity index (χ4v) is 3.30. The molecule has 0 saturated carbocycles. The van der Waals surface area contributed by atoms with Gasteiger partial charge in [0, 0.05) is 30.3 Å². The molecule has 112 valence electrons. The Kier molecular flexibility index (Phi) is 6.87. The largest absolute Gasteiger partial charge is 0.375 e. The van der Waals surface area contributed by atoms with Gasteiger partial charge in [-0.1, -0.05) is 19.1 Å². The first kappa shape index (κ1) is 15.8. The van der Waals surface area contributed by atoms with Crippen molar-refractivity contribution >= 4 is 11.8 Å². The molecule has 0 amide bonds. The van der Waals surface area contributed by atoms with Crippen molar-refractivity contribution in [3.8, 4) is 0 Å². The van der Waals surface area contributed by atoms with Gasteiger partial charge in [0.25, 0.3) is 0 Å². The van der Waals surface area contributed by atoms with E-state index in [2.05, 4.69) is 48.5 Å². The Hall–Kier alpha value is -0.550. The van der Waals surface area contributed by atoms with Crippen LogP contribution in [0.1, 0.15) is 18.9 Å². The molecule has 1 heterocycles. The zero-order valence-corrected chi connectivity index (χ0v) is 13.4. The third-order valence-electron chi connectivity index (χ3n) is 3.43. The minimum Gasteiger partial charge on any atom is -0.375 e. The highest BCUT2D eigenvalue weighted by Gasteiger charge is 2.17. The number of thioether (sulfide) groups is 1. The highest BCUT2D eigenvalue weighted by Crippen LogP contribution is 2.22. The smallest absolute Gasteiger partial charge is 0.0796 e. The number of hydrogen-bond donors (Lipinski definition) is 1. The molecule has 1 saturated heterocycles. The molecule has 1 aromatic rings. The third kappa shape index (κ3) is 5.44. The fourth-order valence-electron chi connectivity index (χ4n) is 2.31.